The highest BCUT2D eigenvalue weighted by atomic mass is 16.2. The Balaban J connectivity index is 2.00. The Labute approximate surface area is 111 Å². The molecular weight excluding hydrogens is 224 g/mol. The number of rotatable bonds is 4. The molecule has 1 N–H and O–H groups in total. The van der Waals surface area contributed by atoms with Gasteiger partial charge in [-0.05, 0) is 31.1 Å². The number of hydrogen-bond acceptors (Lipinski definition) is 2. The maximum absolute atomic E-state index is 12.4. The lowest BCUT2D eigenvalue weighted by atomic mass is 9.94. The van der Waals surface area contributed by atoms with Gasteiger partial charge < -0.3 is 10.2 Å². The van der Waals surface area contributed by atoms with Crippen molar-refractivity contribution >= 4 is 5.91 Å². The van der Waals surface area contributed by atoms with Crippen LogP contribution in [0.15, 0.2) is 0 Å². The Morgan fingerprint density at radius 2 is 1.94 bits per heavy atom. The maximum Gasteiger partial charge on any atom is 0.226 e. The number of carbonyl (C=O) groups is 1. The second kappa shape index (κ2) is 5.60. The van der Waals surface area contributed by atoms with Gasteiger partial charge in [0.1, 0.15) is 0 Å². The molecule has 1 aliphatic heterocycles. The zero-order chi connectivity index (χ0) is 13.3. The Hall–Kier alpha value is -0.570. The minimum atomic E-state index is 0.351. The summed E-state index contributed by atoms with van der Waals surface area (Å²) in [5.74, 6) is 2.00. The van der Waals surface area contributed by atoms with Crippen LogP contribution < -0.4 is 5.32 Å². The molecule has 1 saturated heterocycles. The topological polar surface area (TPSA) is 32.3 Å². The van der Waals surface area contributed by atoms with Crippen molar-refractivity contribution in [3.8, 4) is 0 Å². The van der Waals surface area contributed by atoms with Crippen LogP contribution in [0, 0.1) is 17.8 Å². The molecule has 1 amide bonds. The molecule has 1 heterocycles. The van der Waals surface area contributed by atoms with Gasteiger partial charge in [0.25, 0.3) is 0 Å². The van der Waals surface area contributed by atoms with Gasteiger partial charge in [0.05, 0.1) is 0 Å². The summed E-state index contributed by atoms with van der Waals surface area (Å²) in [5, 5.41) is 3.63. The van der Waals surface area contributed by atoms with Gasteiger partial charge in [0, 0.05) is 31.1 Å². The quantitative estimate of drug-likeness (QED) is 0.832. The molecule has 104 valence electrons. The predicted octanol–water partition coefficient (Wildman–Crippen LogP) is 2.27. The van der Waals surface area contributed by atoms with Gasteiger partial charge >= 0.3 is 0 Å². The van der Waals surface area contributed by atoms with Crippen molar-refractivity contribution in [2.24, 2.45) is 17.8 Å². The van der Waals surface area contributed by atoms with Crippen molar-refractivity contribution in [3.63, 3.8) is 0 Å². The maximum atomic E-state index is 12.4. The summed E-state index contributed by atoms with van der Waals surface area (Å²) in [5.41, 5.74) is 0. The standard InChI is InChI=1S/C15H28N2O/c1-10(2)7-13-9-17(15(18)12-5-6-12)14(8-16-13)11(3)4/h10-14,16H,5-9H2,1-4H3. The van der Waals surface area contributed by atoms with E-state index in [0.29, 0.717) is 35.7 Å². The molecule has 2 rings (SSSR count). The molecule has 3 heteroatoms. The molecule has 1 saturated carbocycles. The molecule has 0 radical (unpaired) electrons. The molecule has 0 aromatic heterocycles. The number of amides is 1. The third-order valence-corrected chi connectivity index (χ3v) is 4.17. The first-order valence-electron chi connectivity index (χ1n) is 7.53. The highest BCUT2D eigenvalue weighted by Crippen LogP contribution is 2.33. The van der Waals surface area contributed by atoms with Crippen molar-refractivity contribution in [3.05, 3.63) is 0 Å². The number of nitrogens with zero attached hydrogens (tertiary/aromatic N) is 1. The molecule has 1 aliphatic carbocycles. The lowest BCUT2D eigenvalue weighted by molar-refractivity contribution is -0.137. The van der Waals surface area contributed by atoms with Gasteiger partial charge in [-0.1, -0.05) is 27.7 Å². The van der Waals surface area contributed by atoms with Crippen molar-refractivity contribution in [1.29, 1.82) is 0 Å². The normalized spacial score (nSPS) is 29.1. The summed E-state index contributed by atoms with van der Waals surface area (Å²) in [6.07, 6.45) is 3.39. The molecule has 0 spiro atoms. The van der Waals surface area contributed by atoms with E-state index in [9.17, 15) is 4.79 Å². The van der Waals surface area contributed by atoms with E-state index in [-0.39, 0.29) is 0 Å². The van der Waals surface area contributed by atoms with E-state index >= 15 is 0 Å². The summed E-state index contributed by atoms with van der Waals surface area (Å²) in [4.78, 5) is 14.6. The summed E-state index contributed by atoms with van der Waals surface area (Å²) >= 11 is 0. The van der Waals surface area contributed by atoms with E-state index in [1.807, 2.05) is 0 Å². The third-order valence-electron chi connectivity index (χ3n) is 4.17. The molecule has 0 aromatic carbocycles. The fourth-order valence-electron chi connectivity index (χ4n) is 2.98. The van der Waals surface area contributed by atoms with Crippen LogP contribution in [0.25, 0.3) is 0 Å². The SMILES string of the molecule is CC(C)CC1CN(C(=O)C2CC2)C(C(C)C)CN1. The smallest absolute Gasteiger partial charge is 0.226 e. The van der Waals surface area contributed by atoms with Gasteiger partial charge in [0.15, 0.2) is 0 Å². The van der Waals surface area contributed by atoms with Crippen LogP contribution in [-0.4, -0.2) is 36.0 Å². The van der Waals surface area contributed by atoms with Crippen LogP contribution in [-0.2, 0) is 4.79 Å². The second-order valence-electron chi connectivity index (χ2n) is 6.81. The first kappa shape index (κ1) is 13.9. The molecule has 2 atom stereocenters. The van der Waals surface area contributed by atoms with Gasteiger partial charge in [-0.2, -0.15) is 0 Å². The van der Waals surface area contributed by atoms with E-state index in [4.69, 9.17) is 0 Å². The molecule has 3 nitrogen and oxygen atoms in total. The first-order chi connectivity index (χ1) is 8.49. The highest BCUT2D eigenvalue weighted by Gasteiger charge is 2.39. The number of piperazine rings is 1. The lowest BCUT2D eigenvalue weighted by Gasteiger charge is -2.43. The molecule has 2 unspecified atom stereocenters. The average molecular weight is 252 g/mol. The van der Waals surface area contributed by atoms with Crippen molar-refractivity contribution < 1.29 is 4.79 Å². The van der Waals surface area contributed by atoms with Gasteiger partial charge in [-0.3, -0.25) is 4.79 Å². The minimum Gasteiger partial charge on any atom is -0.336 e. The summed E-state index contributed by atoms with van der Waals surface area (Å²) in [6.45, 7) is 10.8. The van der Waals surface area contributed by atoms with Crippen molar-refractivity contribution in [1.82, 2.24) is 10.2 Å². The molecule has 2 fully saturated rings. The third kappa shape index (κ3) is 3.25. The number of hydrogen-bond donors (Lipinski definition) is 1. The summed E-state index contributed by atoms with van der Waals surface area (Å²) in [7, 11) is 0. The van der Waals surface area contributed by atoms with E-state index in [2.05, 4.69) is 37.9 Å². The monoisotopic (exact) mass is 252 g/mol. The fourth-order valence-corrected chi connectivity index (χ4v) is 2.98. The predicted molar refractivity (Wildman–Crippen MR) is 74.3 cm³/mol. The summed E-state index contributed by atoms with van der Waals surface area (Å²) in [6, 6.07) is 0.879. The van der Waals surface area contributed by atoms with Crippen molar-refractivity contribution in [2.45, 2.75) is 59.0 Å². The van der Waals surface area contributed by atoms with Crippen LogP contribution in [0.3, 0.4) is 0 Å². The number of carbonyl (C=O) groups excluding carboxylic acids is 1. The van der Waals surface area contributed by atoms with Gasteiger partial charge in [0.2, 0.25) is 5.91 Å². The van der Waals surface area contributed by atoms with Crippen LogP contribution in [0.1, 0.15) is 47.0 Å². The Bertz CT molecular complexity index is 297. The Morgan fingerprint density at radius 1 is 1.28 bits per heavy atom. The van der Waals surface area contributed by atoms with Crippen LogP contribution >= 0.6 is 0 Å². The Kier molecular flexibility index (Phi) is 4.31. The lowest BCUT2D eigenvalue weighted by Crippen LogP contribution is -2.60. The second-order valence-corrected chi connectivity index (χ2v) is 6.81. The average Bonchev–Trinajstić information content (AvgIpc) is 3.10. The van der Waals surface area contributed by atoms with Crippen LogP contribution in [0.4, 0.5) is 0 Å². The minimum absolute atomic E-state index is 0.351. The fraction of sp³-hybridized carbons (Fsp3) is 0.933. The zero-order valence-corrected chi connectivity index (χ0v) is 12.3. The molecule has 2 aliphatic rings. The van der Waals surface area contributed by atoms with E-state index < -0.39 is 0 Å². The van der Waals surface area contributed by atoms with Crippen LogP contribution in [0.5, 0.6) is 0 Å². The largest absolute Gasteiger partial charge is 0.336 e. The molecule has 18 heavy (non-hydrogen) atoms. The highest BCUT2D eigenvalue weighted by molar-refractivity contribution is 5.81. The zero-order valence-electron chi connectivity index (χ0n) is 12.3. The molecule has 0 aromatic rings. The molecule has 0 bridgehead atoms. The van der Waals surface area contributed by atoms with E-state index in [1.165, 1.54) is 6.42 Å². The molecular formula is C15H28N2O. The summed E-state index contributed by atoms with van der Waals surface area (Å²) < 4.78 is 0. The first-order valence-corrected chi connectivity index (χ1v) is 7.53. The van der Waals surface area contributed by atoms with E-state index in [1.54, 1.807) is 0 Å². The van der Waals surface area contributed by atoms with Gasteiger partial charge in [-0.15, -0.1) is 0 Å². The number of nitrogens with one attached hydrogen (secondary N) is 1. The Morgan fingerprint density at radius 3 is 2.44 bits per heavy atom. The van der Waals surface area contributed by atoms with Crippen LogP contribution in [0.2, 0.25) is 0 Å². The van der Waals surface area contributed by atoms with Gasteiger partial charge in [-0.25, -0.2) is 0 Å². The van der Waals surface area contributed by atoms with Crippen molar-refractivity contribution in [2.75, 3.05) is 13.1 Å². The van der Waals surface area contributed by atoms with E-state index in [0.717, 1.165) is 25.9 Å².